The second kappa shape index (κ2) is 9.44. The first-order chi connectivity index (χ1) is 17.3. The summed E-state index contributed by atoms with van der Waals surface area (Å²) in [6.45, 7) is 5.69. The number of rotatable bonds is 5. The number of para-hydroxylation sites is 1. The van der Waals surface area contributed by atoms with E-state index in [4.69, 9.17) is 5.73 Å². The number of nitrogens with two attached hydrogens (primary N) is 1. The molecule has 0 bridgehead atoms. The first kappa shape index (κ1) is 24.1. The molecule has 2 atom stereocenters. The van der Waals surface area contributed by atoms with Crippen LogP contribution in [-0.2, 0) is 13.6 Å². The lowest BCUT2D eigenvalue weighted by Gasteiger charge is -2.39. The summed E-state index contributed by atoms with van der Waals surface area (Å²) in [5.74, 6) is 0.113. The number of carbonyl (C=O) groups excluding carboxylic acids is 1. The van der Waals surface area contributed by atoms with Crippen LogP contribution in [0.5, 0.6) is 0 Å². The fraction of sp³-hybridized carbons (Fsp3) is 0.423. The van der Waals surface area contributed by atoms with Crippen LogP contribution >= 0.6 is 0 Å². The Morgan fingerprint density at radius 2 is 1.97 bits per heavy atom. The standard InChI is InChI=1S/C26H33N7O3/c1-17(2)10-13-32-22-23(28-25(32)30-12-6-8-19(27)15-30)29(3)26(36)33(24(22)35)16-21(34)31-14-11-18-7-4-5-9-20(18)31/h4-5,7,9-11,14,19,25,28H,6,8,12-13,15-16,27H2,1-3H3. The van der Waals surface area contributed by atoms with Crippen LogP contribution in [-0.4, -0.2) is 56.5 Å². The molecule has 0 radical (unpaired) electrons. The molecule has 5 rings (SSSR count). The molecule has 2 unspecified atom stereocenters. The molecule has 1 saturated heterocycles. The molecule has 3 N–H and O–H groups in total. The van der Waals surface area contributed by atoms with Gasteiger partial charge in [-0.05, 0) is 38.8 Å². The second-order valence-corrected chi connectivity index (χ2v) is 9.92. The molecule has 190 valence electrons. The normalized spacial score (nSPS) is 19.8. The van der Waals surface area contributed by atoms with Gasteiger partial charge in [-0.15, -0.1) is 0 Å². The summed E-state index contributed by atoms with van der Waals surface area (Å²) in [6.07, 6.45) is 5.36. The summed E-state index contributed by atoms with van der Waals surface area (Å²) in [4.78, 5) is 44.5. The fourth-order valence-electron chi connectivity index (χ4n) is 5.17. The van der Waals surface area contributed by atoms with Crippen LogP contribution in [0.15, 0.2) is 57.8 Å². The molecule has 1 fully saturated rings. The van der Waals surface area contributed by atoms with Gasteiger partial charge in [0, 0.05) is 44.3 Å². The number of likely N-dealkylation sites (tertiary alicyclic amines) is 1. The Labute approximate surface area is 209 Å². The summed E-state index contributed by atoms with van der Waals surface area (Å²) in [5, 5.41) is 4.32. The number of nitrogens with zero attached hydrogens (tertiary/aromatic N) is 5. The number of nitrogens with one attached hydrogen (secondary N) is 1. The smallest absolute Gasteiger partial charge is 0.332 e. The van der Waals surface area contributed by atoms with Crippen molar-refractivity contribution in [2.45, 2.75) is 45.6 Å². The second-order valence-electron chi connectivity index (χ2n) is 9.92. The predicted octanol–water partition coefficient (Wildman–Crippen LogP) is 1.75. The largest absolute Gasteiger partial charge is 0.337 e. The van der Waals surface area contributed by atoms with Crippen molar-refractivity contribution in [2.24, 2.45) is 12.8 Å². The van der Waals surface area contributed by atoms with Gasteiger partial charge in [0.1, 0.15) is 18.1 Å². The van der Waals surface area contributed by atoms with Crippen molar-refractivity contribution >= 4 is 28.3 Å². The van der Waals surface area contributed by atoms with E-state index in [1.165, 1.54) is 9.13 Å². The molecule has 0 spiro atoms. The molecule has 0 amide bonds. The average Bonchev–Trinajstić information content (AvgIpc) is 3.46. The maximum Gasteiger partial charge on any atom is 0.332 e. The van der Waals surface area contributed by atoms with Gasteiger partial charge >= 0.3 is 5.69 Å². The highest BCUT2D eigenvalue weighted by molar-refractivity contribution is 5.92. The van der Waals surface area contributed by atoms with Crippen molar-refractivity contribution in [3.8, 4) is 0 Å². The summed E-state index contributed by atoms with van der Waals surface area (Å²) in [7, 11) is 1.63. The third kappa shape index (κ3) is 4.16. The van der Waals surface area contributed by atoms with Gasteiger partial charge in [0.25, 0.3) is 11.5 Å². The van der Waals surface area contributed by atoms with Crippen molar-refractivity contribution in [3.05, 3.63) is 69.0 Å². The van der Waals surface area contributed by atoms with Crippen LogP contribution in [0.1, 0.15) is 31.5 Å². The van der Waals surface area contributed by atoms with Crippen molar-refractivity contribution in [2.75, 3.05) is 29.9 Å². The molecule has 10 nitrogen and oxygen atoms in total. The summed E-state index contributed by atoms with van der Waals surface area (Å²) in [5.41, 5.74) is 7.50. The molecule has 2 aliphatic rings. The van der Waals surface area contributed by atoms with Gasteiger partial charge in [-0.3, -0.25) is 23.6 Å². The highest BCUT2D eigenvalue weighted by atomic mass is 16.2. The Bertz CT molecular complexity index is 1460. The van der Waals surface area contributed by atoms with Crippen molar-refractivity contribution in [3.63, 3.8) is 0 Å². The number of hydrogen-bond donors (Lipinski definition) is 2. The van der Waals surface area contributed by atoms with Crippen molar-refractivity contribution in [1.82, 2.24) is 18.6 Å². The zero-order valence-electron chi connectivity index (χ0n) is 21.0. The topological polar surface area (TPSA) is 111 Å². The first-order valence-electron chi connectivity index (χ1n) is 12.4. The number of hydrogen-bond acceptors (Lipinski definition) is 7. The van der Waals surface area contributed by atoms with Crippen molar-refractivity contribution < 1.29 is 4.79 Å². The van der Waals surface area contributed by atoms with Crippen LogP contribution in [0.4, 0.5) is 11.5 Å². The molecule has 4 heterocycles. The van der Waals surface area contributed by atoms with Gasteiger partial charge < -0.3 is 16.0 Å². The van der Waals surface area contributed by atoms with E-state index in [9.17, 15) is 14.4 Å². The van der Waals surface area contributed by atoms with Crippen LogP contribution in [0.25, 0.3) is 10.9 Å². The van der Waals surface area contributed by atoms with Gasteiger partial charge in [-0.1, -0.05) is 29.8 Å². The minimum absolute atomic E-state index is 0.0593. The van der Waals surface area contributed by atoms with Crippen LogP contribution in [0.2, 0.25) is 0 Å². The maximum atomic E-state index is 13.8. The third-order valence-corrected chi connectivity index (χ3v) is 7.07. The molecule has 0 aliphatic carbocycles. The molecule has 1 aromatic carbocycles. The van der Waals surface area contributed by atoms with E-state index < -0.39 is 11.2 Å². The van der Waals surface area contributed by atoms with E-state index in [0.717, 1.165) is 40.4 Å². The molecule has 3 aromatic rings. The Morgan fingerprint density at radius 1 is 1.19 bits per heavy atom. The summed E-state index contributed by atoms with van der Waals surface area (Å²) in [6, 6.07) is 9.41. The maximum absolute atomic E-state index is 13.8. The van der Waals surface area contributed by atoms with E-state index in [-0.39, 0.29) is 24.8 Å². The molecule has 0 saturated carbocycles. The number of piperidine rings is 1. The fourth-order valence-corrected chi connectivity index (χ4v) is 5.17. The van der Waals surface area contributed by atoms with E-state index in [0.29, 0.717) is 24.6 Å². The lowest BCUT2D eigenvalue weighted by molar-refractivity contribution is 0.0893. The summed E-state index contributed by atoms with van der Waals surface area (Å²) < 4.78 is 3.96. The zero-order valence-corrected chi connectivity index (χ0v) is 21.0. The van der Waals surface area contributed by atoms with Gasteiger partial charge in [-0.25, -0.2) is 9.36 Å². The van der Waals surface area contributed by atoms with E-state index in [1.54, 1.807) is 13.2 Å². The minimum Gasteiger partial charge on any atom is -0.337 e. The Kier molecular flexibility index (Phi) is 6.31. The quantitative estimate of drug-likeness (QED) is 0.523. The van der Waals surface area contributed by atoms with E-state index >= 15 is 0 Å². The molecular formula is C26H33N7O3. The lowest BCUT2D eigenvalue weighted by Crippen LogP contribution is -2.56. The number of fused-ring (bicyclic) bond motifs is 2. The van der Waals surface area contributed by atoms with Gasteiger partial charge in [0.15, 0.2) is 6.29 Å². The van der Waals surface area contributed by atoms with Crippen LogP contribution in [0.3, 0.4) is 0 Å². The summed E-state index contributed by atoms with van der Waals surface area (Å²) >= 11 is 0. The van der Waals surface area contributed by atoms with E-state index in [2.05, 4.69) is 16.3 Å². The molecule has 10 heteroatoms. The van der Waals surface area contributed by atoms with Crippen molar-refractivity contribution in [1.29, 1.82) is 0 Å². The van der Waals surface area contributed by atoms with E-state index in [1.807, 2.05) is 49.1 Å². The van der Waals surface area contributed by atoms with Crippen LogP contribution < -0.4 is 27.2 Å². The molecule has 2 aromatic heterocycles. The van der Waals surface area contributed by atoms with Gasteiger partial charge in [0.2, 0.25) is 0 Å². The Hall–Kier alpha value is -3.63. The zero-order chi connectivity index (χ0) is 25.6. The number of anilines is 2. The molecule has 36 heavy (non-hydrogen) atoms. The number of carbonyl (C=O) groups is 1. The minimum atomic E-state index is -0.533. The predicted molar refractivity (Wildman–Crippen MR) is 141 cm³/mol. The van der Waals surface area contributed by atoms with Gasteiger partial charge in [0.05, 0.1) is 5.52 Å². The monoisotopic (exact) mass is 491 g/mol. The number of allylic oxidation sites excluding steroid dienone is 1. The lowest BCUT2D eigenvalue weighted by atomic mass is 10.1. The highest BCUT2D eigenvalue weighted by Gasteiger charge is 2.39. The highest BCUT2D eigenvalue weighted by Crippen LogP contribution is 2.32. The van der Waals surface area contributed by atoms with Crippen LogP contribution in [0, 0.1) is 0 Å². The Balaban J connectivity index is 1.55. The Morgan fingerprint density at radius 3 is 2.72 bits per heavy atom. The first-order valence-corrected chi connectivity index (χ1v) is 12.4. The number of benzene rings is 1. The SMILES string of the molecule is CC(C)=CCN1c2c(n(C)c(=O)n(CC(=O)n3ccc4ccccc43)c2=O)NC1N1CCCC(N)C1. The number of aromatic nitrogens is 3. The third-order valence-electron chi connectivity index (χ3n) is 7.07. The molecule has 2 aliphatic heterocycles. The molecular weight excluding hydrogens is 458 g/mol. The average molecular weight is 492 g/mol. The van der Waals surface area contributed by atoms with Gasteiger partial charge in [-0.2, -0.15) is 0 Å².